The van der Waals surface area contributed by atoms with E-state index >= 15 is 0 Å². The molecule has 0 N–H and O–H groups in total. The van der Waals surface area contributed by atoms with E-state index in [2.05, 4.69) is 0 Å². The van der Waals surface area contributed by atoms with Crippen LogP contribution < -0.4 is 0 Å². The number of hydrogen-bond acceptors (Lipinski definition) is 6. The summed E-state index contributed by atoms with van der Waals surface area (Å²) in [6.45, 7) is 23.8. The molecule has 0 aromatic heterocycles. The van der Waals surface area contributed by atoms with E-state index in [0.717, 1.165) is 0 Å². The monoisotopic (exact) mass is 262 g/mol. The summed E-state index contributed by atoms with van der Waals surface area (Å²) in [7, 11) is 0. The van der Waals surface area contributed by atoms with Crippen LogP contribution in [0.25, 0.3) is 0 Å². The van der Waals surface area contributed by atoms with Gasteiger partial charge in [0.2, 0.25) is 0 Å². The molecule has 65 valence electrons. The fourth-order valence-electron chi connectivity index (χ4n) is 0. The van der Waals surface area contributed by atoms with Crippen molar-refractivity contribution in [1.82, 2.24) is 0 Å². The van der Waals surface area contributed by atoms with E-state index in [1.165, 1.54) is 0 Å². The van der Waals surface area contributed by atoms with Gasteiger partial charge >= 0.3 is 27.3 Å². The Bertz CT molecular complexity index is 105. The zero-order valence-electron chi connectivity index (χ0n) is 7.95. The Hall–Kier alpha value is -0.361. The van der Waals surface area contributed by atoms with E-state index < -0.39 is 0 Å². The molecule has 0 aromatic rings. The number of nitrogens with zero attached hydrogens (tertiary/aromatic N) is 6. The van der Waals surface area contributed by atoms with Crippen LogP contribution in [-0.4, -0.2) is 59.1 Å². The van der Waals surface area contributed by atoms with Crippen molar-refractivity contribution < 1.29 is 21.8 Å². The smallest absolute Gasteiger partial charge is 0.512 e. The zero-order chi connectivity index (χ0) is 12.0. The van der Waals surface area contributed by atoms with Gasteiger partial charge in [0.1, 0.15) is 0 Å². The van der Waals surface area contributed by atoms with Crippen LogP contribution >= 0.6 is 0 Å². The van der Waals surface area contributed by atoms with Gasteiger partial charge in [0.05, 0.1) is 0 Å². The van der Waals surface area contributed by atoms with Crippen LogP contribution in [0.15, 0.2) is 0 Å². The molecule has 0 fully saturated rings. The van der Waals surface area contributed by atoms with E-state index in [0.29, 0.717) is 0 Å². The van der Waals surface area contributed by atoms with Crippen LogP contribution in [0, 0.1) is 64.6 Å². The molecular weight excluding hydrogens is 262 g/mol. The van der Waals surface area contributed by atoms with E-state index in [4.69, 9.17) is 69.4 Å². The maximum atomic E-state index is 7.25. The first-order valence-electron chi connectivity index (χ1n) is 1.30. The molecule has 3 radical (unpaired) electrons. The van der Waals surface area contributed by atoms with Crippen LogP contribution in [-0.2, 0) is 21.8 Å². The van der Waals surface area contributed by atoms with Gasteiger partial charge in [0, 0.05) is 59.1 Å². The summed E-state index contributed by atoms with van der Waals surface area (Å²) in [6, 6.07) is 0. The molecule has 0 aliphatic rings. The molecule has 0 amide bonds. The molecule has 0 aliphatic carbocycles. The molecule has 0 spiro atoms. The fraction of sp³-hybridized carbons (Fsp3) is 0. The van der Waals surface area contributed by atoms with Gasteiger partial charge in [-0.15, -0.1) is 0 Å². The predicted octanol–water partition coefficient (Wildman–Crippen LogP) is -0.386. The number of rotatable bonds is 0. The molecule has 0 aliphatic heterocycles. The maximum absolute atomic E-state index is 7.25. The number of hydrogen-bond donors (Lipinski definition) is 0. The topological polar surface area (TPSA) is 163 Å². The third kappa shape index (κ3) is 14200. The Morgan fingerprint density at radius 1 is 0.467 bits per heavy atom. The maximum Gasteiger partial charge on any atom is 5.00 e. The van der Waals surface area contributed by atoms with Crippen LogP contribution in [0.4, 0.5) is 0 Å². The molecule has 0 saturated heterocycles. The second-order valence-corrected chi connectivity index (χ2v) is 0. The Balaban J connectivity index is -0.00000000396. The van der Waals surface area contributed by atoms with Gasteiger partial charge in [-0.05, 0) is 0 Å². The summed E-state index contributed by atoms with van der Waals surface area (Å²) in [5.41, 5.74) is 5.75. The molecule has 0 heterocycles. The van der Waals surface area contributed by atoms with E-state index in [9.17, 15) is 0 Å². The Morgan fingerprint density at radius 2 is 0.467 bits per heavy atom. The zero-order valence-corrected chi connectivity index (χ0v) is 13.0. The van der Waals surface area contributed by atoms with Crippen molar-refractivity contribution in [3.8, 4) is 0 Å². The molecule has 0 rings (SSSR count). The first-order valence-corrected chi connectivity index (χ1v) is 1.30. The standard InChI is InChI=1S/5CN.Fe.NO.2Na/c5*1-2;;1-2;;/q5*-1;+5;+1;;. The van der Waals surface area contributed by atoms with Gasteiger partial charge in [-0.3, -0.25) is 0 Å². The fourth-order valence-corrected chi connectivity index (χ4v) is 0. The van der Waals surface area contributed by atoms with Crippen molar-refractivity contribution in [1.29, 1.82) is 31.8 Å². The summed E-state index contributed by atoms with van der Waals surface area (Å²) < 4.78 is 7.25. The van der Waals surface area contributed by atoms with Crippen molar-refractivity contribution in [2.45, 2.75) is 0 Å². The minimum atomic E-state index is 0. The molecule has 0 aromatic carbocycles. The molecule has 15 heavy (non-hydrogen) atoms. The summed E-state index contributed by atoms with van der Waals surface area (Å²) in [5, 5.41) is 31.2. The summed E-state index contributed by atoms with van der Waals surface area (Å²) in [4.78, 5) is 0. The van der Waals surface area contributed by atoms with Crippen molar-refractivity contribution in [3.05, 3.63) is 32.9 Å². The first-order chi connectivity index (χ1) is 6.00. The minimum absolute atomic E-state index is 0. The van der Waals surface area contributed by atoms with Gasteiger partial charge in [0.15, 0.2) is 0 Å². The molecule has 7 nitrogen and oxygen atoms in total. The SMILES string of the molecule is N#[O+].[C-]#N.[C-]#N.[C-]#N.[C-]#N.[C-]#N.[Fe+5].[Na].[Na]. The molecule has 0 atom stereocenters. The average Bonchev–Trinajstić information content (AvgIpc) is 2.33. The third-order valence-corrected chi connectivity index (χ3v) is 0. The summed E-state index contributed by atoms with van der Waals surface area (Å²) in [6.07, 6.45) is 0. The van der Waals surface area contributed by atoms with Crippen molar-refractivity contribution >= 4 is 59.1 Å². The molecule has 0 unspecified atom stereocenters. The largest absolute Gasteiger partial charge is 5.00 e. The average molecular weight is 262 g/mol. The third-order valence-electron chi connectivity index (χ3n) is 0. The van der Waals surface area contributed by atoms with Crippen molar-refractivity contribution in [3.63, 3.8) is 0 Å². The summed E-state index contributed by atoms with van der Waals surface area (Å²) in [5.74, 6) is 0. The second-order valence-electron chi connectivity index (χ2n) is 0. The first kappa shape index (κ1) is 85.6. The Morgan fingerprint density at radius 3 is 0.467 bits per heavy atom. The van der Waals surface area contributed by atoms with Gasteiger partial charge in [-0.25, -0.2) is 0 Å². The van der Waals surface area contributed by atoms with E-state index in [1.807, 2.05) is 0 Å². The van der Waals surface area contributed by atoms with Crippen LogP contribution in [0.3, 0.4) is 0 Å². The van der Waals surface area contributed by atoms with Gasteiger partial charge < -0.3 is 59.2 Å². The van der Waals surface area contributed by atoms with Crippen molar-refractivity contribution in [2.75, 3.05) is 0 Å². The predicted molar refractivity (Wildman–Crippen MR) is 38.8 cm³/mol. The van der Waals surface area contributed by atoms with Gasteiger partial charge in [-0.2, -0.15) is 0 Å². The second kappa shape index (κ2) is 16800. The quantitative estimate of drug-likeness (QED) is 0.327. The molecule has 0 saturated carbocycles. The Kier molecular flexibility index (Phi) is 95700. The molecule has 10 heteroatoms. The van der Waals surface area contributed by atoms with Crippen molar-refractivity contribution in [2.24, 2.45) is 0 Å². The minimum Gasteiger partial charge on any atom is -0.512 e. The van der Waals surface area contributed by atoms with E-state index in [-0.39, 0.29) is 76.2 Å². The van der Waals surface area contributed by atoms with Gasteiger partial charge in [0.25, 0.3) is 0 Å². The molecule has 0 bridgehead atoms. The van der Waals surface area contributed by atoms with E-state index in [1.54, 1.807) is 0 Å². The Labute approximate surface area is 144 Å². The van der Waals surface area contributed by atoms with Crippen LogP contribution in [0.1, 0.15) is 0 Å². The normalized spacial score (nSPS) is 0.800. The molecular formula is C5FeN6Na2O+. The van der Waals surface area contributed by atoms with Gasteiger partial charge in [-0.1, -0.05) is 0 Å². The van der Waals surface area contributed by atoms with Crippen LogP contribution in [0.2, 0.25) is 0 Å². The van der Waals surface area contributed by atoms with Crippen LogP contribution in [0.5, 0.6) is 0 Å². The summed E-state index contributed by atoms with van der Waals surface area (Å²) >= 11 is 0.